The van der Waals surface area contributed by atoms with Gasteiger partial charge in [-0.05, 0) is 0 Å². The molecule has 0 saturated carbocycles. The van der Waals surface area contributed by atoms with Gasteiger partial charge < -0.3 is 0 Å². The fraction of sp³-hybridized carbons (Fsp3) is 0.903. The van der Waals surface area contributed by atoms with Gasteiger partial charge in [0.25, 0.3) is 0 Å². The van der Waals surface area contributed by atoms with Crippen molar-refractivity contribution in [2.75, 3.05) is 0 Å². The van der Waals surface area contributed by atoms with E-state index in [1.807, 2.05) is 0 Å². The molecule has 38 heavy (non-hydrogen) atoms. The summed E-state index contributed by atoms with van der Waals surface area (Å²) in [6.45, 7) is 8.60. The van der Waals surface area contributed by atoms with Gasteiger partial charge >= 0.3 is 241 Å². The molecule has 0 amide bonds. The first kappa shape index (κ1) is 37.2. The number of hydrogen-bond donors (Lipinski definition) is 0. The Morgan fingerprint density at radius 2 is 0.658 bits per heavy atom. The van der Waals surface area contributed by atoms with Gasteiger partial charge in [-0.25, -0.2) is 0 Å². The van der Waals surface area contributed by atoms with Gasteiger partial charge in [0.15, 0.2) is 0 Å². The first-order chi connectivity index (χ1) is 18.4. The van der Waals surface area contributed by atoms with E-state index in [4.69, 9.17) is 9.22 Å². The van der Waals surface area contributed by atoms with Crippen molar-refractivity contribution in [3.8, 4) is 0 Å². The molecule has 0 N–H and O–H groups in total. The molecule has 224 valence electrons. The fourth-order valence-corrected chi connectivity index (χ4v) is 11.5. The van der Waals surface area contributed by atoms with Crippen LogP contribution in [0.4, 0.5) is 0 Å². The maximum atomic E-state index is 12.9. The monoisotopic (exact) mass is 648 g/mol. The van der Waals surface area contributed by atoms with Crippen LogP contribution in [-0.4, -0.2) is 37.5 Å². The molecule has 0 aliphatic carbocycles. The van der Waals surface area contributed by atoms with Crippen LogP contribution in [0.2, 0.25) is 4.44 Å². The normalized spacial score (nSPS) is 11.4. The van der Waals surface area contributed by atoms with E-state index in [9.17, 15) is 14.4 Å². The first-order valence-corrected chi connectivity index (χ1v) is 21.6. The predicted octanol–water partition coefficient (Wildman–Crippen LogP) is 9.61. The van der Waals surface area contributed by atoms with E-state index >= 15 is 0 Å². The third-order valence-corrected chi connectivity index (χ3v) is 14.2. The molecule has 0 aromatic heterocycles. The van der Waals surface area contributed by atoms with Crippen molar-refractivity contribution in [3.05, 3.63) is 0 Å². The van der Waals surface area contributed by atoms with Crippen LogP contribution in [0.3, 0.4) is 0 Å². The second kappa shape index (κ2) is 26.4. The van der Waals surface area contributed by atoms with Gasteiger partial charge in [-0.2, -0.15) is 0 Å². The average Bonchev–Trinajstić information content (AvgIpc) is 2.88. The van der Waals surface area contributed by atoms with Crippen LogP contribution in [0.1, 0.15) is 175 Å². The number of carbonyl (C=O) groups excluding carboxylic acids is 3. The van der Waals surface area contributed by atoms with Gasteiger partial charge in [-0.1, -0.05) is 0 Å². The molecule has 0 fully saturated rings. The van der Waals surface area contributed by atoms with E-state index in [0.717, 1.165) is 96.3 Å². The third kappa shape index (κ3) is 22.1. The van der Waals surface area contributed by atoms with Crippen molar-refractivity contribution in [2.45, 2.75) is 180 Å². The van der Waals surface area contributed by atoms with Crippen molar-refractivity contribution in [1.82, 2.24) is 0 Å². The van der Waals surface area contributed by atoms with E-state index in [1.165, 1.54) is 32.1 Å². The van der Waals surface area contributed by atoms with E-state index in [2.05, 4.69) is 27.7 Å². The molecular formula is C31H60O6Sn. The standard InChI is InChI=1S/C10H21.3C7H14O2.Sn/c1-3-5-7-9-10-8-6-4-2;3*1-2-3-4-5-6-7(8)9;/h1,3-10H2,2H3;3*2-6H2,1H3,(H,8,9);/q;;;;+3/p-3. The van der Waals surface area contributed by atoms with Gasteiger partial charge in [0, 0.05) is 0 Å². The summed E-state index contributed by atoms with van der Waals surface area (Å²) in [5.41, 5.74) is 0. The van der Waals surface area contributed by atoms with Gasteiger partial charge in [-0.3, -0.25) is 0 Å². The molecule has 0 aromatic rings. The number of rotatable bonds is 27. The summed E-state index contributed by atoms with van der Waals surface area (Å²) in [6, 6.07) is 0. The molecule has 0 bridgehead atoms. The van der Waals surface area contributed by atoms with Crippen LogP contribution in [0.5, 0.6) is 0 Å². The van der Waals surface area contributed by atoms with Crippen LogP contribution in [0.25, 0.3) is 0 Å². The number of hydrogen-bond acceptors (Lipinski definition) is 6. The van der Waals surface area contributed by atoms with Crippen LogP contribution < -0.4 is 0 Å². The van der Waals surface area contributed by atoms with Crippen molar-refractivity contribution in [2.24, 2.45) is 0 Å². The third-order valence-electron chi connectivity index (χ3n) is 6.85. The van der Waals surface area contributed by atoms with Crippen molar-refractivity contribution < 1.29 is 23.6 Å². The molecule has 6 nitrogen and oxygen atoms in total. The molecule has 0 spiro atoms. The second-order valence-corrected chi connectivity index (χ2v) is 17.8. The Hall–Kier alpha value is -0.791. The minimum absolute atomic E-state index is 0.276. The zero-order chi connectivity index (χ0) is 28.3. The zero-order valence-corrected chi connectivity index (χ0v) is 28.3. The molecule has 0 unspecified atom stereocenters. The number of carbonyl (C=O) groups is 3. The summed E-state index contributed by atoms with van der Waals surface area (Å²) >= 11 is -4.78. The Morgan fingerprint density at radius 3 is 0.974 bits per heavy atom. The van der Waals surface area contributed by atoms with Gasteiger partial charge in [0.1, 0.15) is 0 Å². The van der Waals surface area contributed by atoms with Crippen LogP contribution in [0, 0.1) is 0 Å². The Morgan fingerprint density at radius 1 is 0.395 bits per heavy atom. The summed E-state index contributed by atoms with van der Waals surface area (Å²) in [6.07, 6.45) is 21.4. The quantitative estimate of drug-likeness (QED) is 0.0653. The van der Waals surface area contributed by atoms with Gasteiger partial charge in [0.2, 0.25) is 0 Å². The van der Waals surface area contributed by atoms with Crippen molar-refractivity contribution in [1.29, 1.82) is 0 Å². The predicted molar refractivity (Wildman–Crippen MR) is 158 cm³/mol. The van der Waals surface area contributed by atoms with Crippen LogP contribution in [-0.2, 0) is 23.6 Å². The summed E-state index contributed by atoms with van der Waals surface area (Å²) in [5.74, 6) is -1.14. The Balaban J connectivity index is 5.35. The molecule has 0 aromatic carbocycles. The summed E-state index contributed by atoms with van der Waals surface area (Å²) < 4.78 is 18.3. The van der Waals surface area contributed by atoms with Crippen molar-refractivity contribution in [3.63, 3.8) is 0 Å². The Bertz CT molecular complexity index is 530. The van der Waals surface area contributed by atoms with E-state index < -0.39 is 19.6 Å². The Kier molecular flexibility index (Phi) is 25.9. The molecule has 0 radical (unpaired) electrons. The number of unbranched alkanes of at least 4 members (excludes halogenated alkanes) is 16. The van der Waals surface area contributed by atoms with Crippen molar-refractivity contribution >= 4 is 37.5 Å². The minimum atomic E-state index is -4.78. The molecular weight excluding hydrogens is 587 g/mol. The first-order valence-electron chi connectivity index (χ1n) is 16.1. The molecule has 0 aliphatic rings. The van der Waals surface area contributed by atoms with Crippen LogP contribution >= 0.6 is 0 Å². The second-order valence-electron chi connectivity index (χ2n) is 10.8. The molecule has 0 heterocycles. The van der Waals surface area contributed by atoms with Gasteiger partial charge in [0.05, 0.1) is 0 Å². The molecule has 7 heteroatoms. The summed E-state index contributed by atoms with van der Waals surface area (Å²) in [4.78, 5) is 38.6. The molecule has 0 atom stereocenters. The topological polar surface area (TPSA) is 78.9 Å². The Labute approximate surface area is 240 Å². The van der Waals surface area contributed by atoms with Gasteiger partial charge in [-0.15, -0.1) is 0 Å². The fourth-order valence-electron chi connectivity index (χ4n) is 4.45. The average molecular weight is 648 g/mol. The summed E-state index contributed by atoms with van der Waals surface area (Å²) in [5, 5.41) is 0. The SMILES string of the molecule is CCCCCCCCC[CH2][Sn]([O]C(=O)CCCCCC)([O]C(=O)CCCCCC)[O]C(=O)CCCCCC. The molecule has 0 aliphatic heterocycles. The molecule has 0 rings (SSSR count). The summed E-state index contributed by atoms with van der Waals surface area (Å²) in [7, 11) is 0. The van der Waals surface area contributed by atoms with E-state index in [1.54, 1.807) is 0 Å². The van der Waals surface area contributed by atoms with Crippen LogP contribution in [0.15, 0.2) is 0 Å². The maximum absolute atomic E-state index is 12.9. The van der Waals surface area contributed by atoms with E-state index in [0.29, 0.717) is 4.44 Å². The molecule has 0 saturated heterocycles. The van der Waals surface area contributed by atoms with E-state index in [-0.39, 0.29) is 37.2 Å². The zero-order valence-electron chi connectivity index (χ0n) is 25.4.